The van der Waals surface area contributed by atoms with Gasteiger partial charge in [-0.25, -0.2) is 4.98 Å². The van der Waals surface area contributed by atoms with E-state index >= 15 is 0 Å². The second-order valence-electron chi connectivity index (χ2n) is 5.38. The molecule has 0 spiro atoms. The smallest absolute Gasteiger partial charge is 0.172 e. The number of nitrogens with zero attached hydrogens (tertiary/aromatic N) is 1. The zero-order chi connectivity index (χ0) is 15.4. The molecule has 0 saturated heterocycles. The highest BCUT2D eigenvalue weighted by Crippen LogP contribution is 2.17. The normalized spacial score (nSPS) is 11.8. The molecule has 0 aliphatic carbocycles. The Balaban J connectivity index is 2.00. The van der Waals surface area contributed by atoms with E-state index in [0.29, 0.717) is 5.11 Å². The van der Waals surface area contributed by atoms with Gasteiger partial charge >= 0.3 is 0 Å². The predicted octanol–water partition coefficient (Wildman–Crippen LogP) is 4.05. The molecule has 0 radical (unpaired) electrons. The molecule has 0 saturated carbocycles. The molecule has 2 N–H and O–H groups in total. The van der Waals surface area contributed by atoms with E-state index in [1.807, 2.05) is 19.1 Å². The summed E-state index contributed by atoms with van der Waals surface area (Å²) >= 11 is 5.35. The van der Waals surface area contributed by atoms with Crippen molar-refractivity contribution in [1.82, 2.24) is 10.3 Å². The fraction of sp³-hybridized carbons (Fsp3) is 0.294. The molecule has 1 atom stereocenters. The monoisotopic (exact) mass is 299 g/mol. The molecule has 1 aromatic carbocycles. The number of aromatic nitrogens is 1. The minimum Gasteiger partial charge on any atom is -0.356 e. The lowest BCUT2D eigenvalue weighted by molar-refractivity contribution is 0.721. The van der Waals surface area contributed by atoms with Crippen LogP contribution in [0.15, 0.2) is 36.5 Å². The van der Waals surface area contributed by atoms with E-state index in [2.05, 4.69) is 54.6 Å². The van der Waals surface area contributed by atoms with Crippen LogP contribution in [-0.4, -0.2) is 10.1 Å². The van der Waals surface area contributed by atoms with Gasteiger partial charge in [0.1, 0.15) is 5.82 Å². The van der Waals surface area contributed by atoms with E-state index in [0.717, 1.165) is 11.4 Å². The van der Waals surface area contributed by atoms with E-state index in [1.54, 1.807) is 6.20 Å². The van der Waals surface area contributed by atoms with Crippen LogP contribution >= 0.6 is 12.2 Å². The maximum absolute atomic E-state index is 5.35. The predicted molar refractivity (Wildman–Crippen MR) is 92.7 cm³/mol. The van der Waals surface area contributed by atoms with E-state index in [1.165, 1.54) is 16.7 Å². The van der Waals surface area contributed by atoms with Crippen molar-refractivity contribution in [2.24, 2.45) is 0 Å². The van der Waals surface area contributed by atoms with E-state index in [4.69, 9.17) is 12.2 Å². The minimum atomic E-state index is 0.147. The van der Waals surface area contributed by atoms with Crippen molar-refractivity contribution >= 4 is 23.1 Å². The lowest BCUT2D eigenvalue weighted by Crippen LogP contribution is -2.31. The Morgan fingerprint density at radius 2 is 1.86 bits per heavy atom. The number of rotatable bonds is 3. The van der Waals surface area contributed by atoms with Crippen LogP contribution in [0.5, 0.6) is 0 Å². The van der Waals surface area contributed by atoms with Gasteiger partial charge < -0.3 is 10.6 Å². The third kappa shape index (κ3) is 4.26. The highest BCUT2D eigenvalue weighted by Gasteiger charge is 2.08. The molecular formula is C17H21N3S. The summed E-state index contributed by atoms with van der Waals surface area (Å²) in [6.07, 6.45) is 1.77. The summed E-state index contributed by atoms with van der Waals surface area (Å²) in [7, 11) is 0. The zero-order valence-corrected chi connectivity index (χ0v) is 13.7. The molecule has 0 bridgehead atoms. The van der Waals surface area contributed by atoms with Crippen molar-refractivity contribution < 1.29 is 0 Å². The highest BCUT2D eigenvalue weighted by atomic mass is 32.1. The molecule has 0 aliphatic heterocycles. The van der Waals surface area contributed by atoms with Gasteiger partial charge in [0.15, 0.2) is 5.11 Å². The Hall–Kier alpha value is -1.94. The number of hydrogen-bond acceptors (Lipinski definition) is 2. The van der Waals surface area contributed by atoms with Crippen molar-refractivity contribution in [2.75, 3.05) is 5.32 Å². The van der Waals surface area contributed by atoms with Gasteiger partial charge in [0.2, 0.25) is 0 Å². The first-order valence-corrected chi connectivity index (χ1v) is 7.44. The molecule has 1 aromatic heterocycles. The summed E-state index contributed by atoms with van der Waals surface area (Å²) < 4.78 is 0. The number of aryl methyl sites for hydroxylation is 3. The van der Waals surface area contributed by atoms with E-state index in [-0.39, 0.29) is 6.04 Å². The van der Waals surface area contributed by atoms with Crippen LogP contribution in [-0.2, 0) is 0 Å². The molecule has 1 heterocycles. The van der Waals surface area contributed by atoms with Gasteiger partial charge in [-0.1, -0.05) is 18.2 Å². The molecule has 0 unspecified atom stereocenters. The van der Waals surface area contributed by atoms with Crippen molar-refractivity contribution in [3.05, 3.63) is 58.8 Å². The van der Waals surface area contributed by atoms with Crippen molar-refractivity contribution in [3.63, 3.8) is 0 Å². The summed E-state index contributed by atoms with van der Waals surface area (Å²) in [5.74, 6) is 0.764. The van der Waals surface area contributed by atoms with Crippen LogP contribution in [0.2, 0.25) is 0 Å². The number of nitrogens with one attached hydrogen (secondary N) is 2. The minimum absolute atomic E-state index is 0.147. The molecule has 0 aliphatic rings. The number of anilines is 1. The summed E-state index contributed by atoms with van der Waals surface area (Å²) in [4.78, 5) is 4.25. The Morgan fingerprint density at radius 1 is 1.10 bits per heavy atom. The zero-order valence-electron chi connectivity index (χ0n) is 12.9. The van der Waals surface area contributed by atoms with Crippen LogP contribution in [0.25, 0.3) is 0 Å². The van der Waals surface area contributed by atoms with Crippen molar-refractivity contribution in [3.8, 4) is 0 Å². The topological polar surface area (TPSA) is 37.0 Å². The molecule has 110 valence electrons. The van der Waals surface area contributed by atoms with Crippen LogP contribution < -0.4 is 10.6 Å². The lowest BCUT2D eigenvalue weighted by atomic mass is 10.0. The van der Waals surface area contributed by atoms with Crippen LogP contribution in [0.1, 0.15) is 35.2 Å². The molecule has 3 nitrogen and oxygen atoms in total. The Kier molecular flexibility index (Phi) is 4.91. The Bertz CT molecular complexity index is 652. The first-order valence-electron chi connectivity index (χ1n) is 7.03. The van der Waals surface area contributed by atoms with Gasteiger partial charge in [-0.2, -0.15) is 0 Å². The van der Waals surface area contributed by atoms with Crippen LogP contribution in [0, 0.1) is 20.8 Å². The number of thiocarbonyl (C=S) groups is 1. The molecule has 21 heavy (non-hydrogen) atoms. The van der Waals surface area contributed by atoms with Gasteiger partial charge in [0.05, 0.1) is 6.04 Å². The number of benzene rings is 1. The first kappa shape index (κ1) is 15.4. The third-order valence-electron chi connectivity index (χ3n) is 3.54. The number of hydrogen-bond donors (Lipinski definition) is 2. The quantitative estimate of drug-likeness (QED) is 0.838. The van der Waals surface area contributed by atoms with Gasteiger partial charge in [-0.05, 0) is 74.3 Å². The number of pyridine rings is 1. The average Bonchev–Trinajstić information content (AvgIpc) is 2.41. The van der Waals surface area contributed by atoms with Crippen LogP contribution in [0.3, 0.4) is 0 Å². The summed E-state index contributed by atoms with van der Waals surface area (Å²) in [5, 5.41) is 6.99. The molecule has 2 aromatic rings. The van der Waals surface area contributed by atoms with Gasteiger partial charge in [0, 0.05) is 6.20 Å². The molecular weight excluding hydrogens is 278 g/mol. The largest absolute Gasteiger partial charge is 0.356 e. The van der Waals surface area contributed by atoms with E-state index < -0.39 is 0 Å². The summed E-state index contributed by atoms with van der Waals surface area (Å²) in [6.45, 7) is 8.37. The van der Waals surface area contributed by atoms with E-state index in [9.17, 15) is 0 Å². The highest BCUT2D eigenvalue weighted by molar-refractivity contribution is 7.80. The van der Waals surface area contributed by atoms with Gasteiger partial charge in [0.25, 0.3) is 0 Å². The molecule has 0 fully saturated rings. The maximum atomic E-state index is 5.35. The summed E-state index contributed by atoms with van der Waals surface area (Å²) in [5.41, 5.74) is 4.97. The first-order chi connectivity index (χ1) is 9.95. The standard InChI is InChI=1S/C17H21N3S/c1-11-7-8-18-16(9-11)20-17(21)19-14(4)15-6-5-12(2)13(3)10-15/h5-10,14H,1-4H3,(H2,18,19,20,21)/t14-/m0/s1. The Labute approximate surface area is 131 Å². The second-order valence-corrected chi connectivity index (χ2v) is 5.79. The average molecular weight is 299 g/mol. The van der Waals surface area contributed by atoms with Gasteiger partial charge in [-0.15, -0.1) is 0 Å². The SMILES string of the molecule is Cc1ccnc(NC(=S)N[C@@H](C)c2ccc(C)c(C)c2)c1. The Morgan fingerprint density at radius 3 is 2.52 bits per heavy atom. The molecule has 2 rings (SSSR count). The molecule has 4 heteroatoms. The van der Waals surface area contributed by atoms with Crippen molar-refractivity contribution in [2.45, 2.75) is 33.7 Å². The fourth-order valence-electron chi connectivity index (χ4n) is 2.07. The summed E-state index contributed by atoms with van der Waals surface area (Å²) in [6, 6.07) is 10.5. The van der Waals surface area contributed by atoms with Gasteiger partial charge in [-0.3, -0.25) is 0 Å². The maximum Gasteiger partial charge on any atom is 0.172 e. The second kappa shape index (κ2) is 6.68. The van der Waals surface area contributed by atoms with Crippen molar-refractivity contribution in [1.29, 1.82) is 0 Å². The third-order valence-corrected chi connectivity index (χ3v) is 3.76. The van der Waals surface area contributed by atoms with Crippen LogP contribution in [0.4, 0.5) is 5.82 Å². The fourth-order valence-corrected chi connectivity index (χ4v) is 2.35. The molecule has 0 amide bonds. The lowest BCUT2D eigenvalue weighted by Gasteiger charge is -2.18.